The number of hydrogen-bond acceptors (Lipinski definition) is 5. The molecule has 19 heavy (non-hydrogen) atoms. The Kier molecular flexibility index (Phi) is 4.04. The second-order valence-electron chi connectivity index (χ2n) is 3.77. The van der Waals surface area contributed by atoms with E-state index in [1.165, 1.54) is 6.20 Å². The minimum Gasteiger partial charge on any atom is -0.476 e. The molecule has 0 saturated carbocycles. The zero-order valence-electron chi connectivity index (χ0n) is 9.98. The summed E-state index contributed by atoms with van der Waals surface area (Å²) in [7, 11) is 0. The van der Waals surface area contributed by atoms with Gasteiger partial charge in [-0.15, -0.1) is 0 Å². The van der Waals surface area contributed by atoms with Crippen molar-refractivity contribution >= 4 is 5.97 Å². The molecule has 0 atom stereocenters. The highest BCUT2D eigenvalue weighted by atomic mass is 16.5. The average Bonchev–Trinajstić information content (AvgIpc) is 2.42. The van der Waals surface area contributed by atoms with E-state index in [0.717, 1.165) is 11.8 Å². The minimum atomic E-state index is -1.16. The SMILES string of the molecule is O=C(O)c1cncc(Oc2ccc(CCO)cc2)n1. The number of aliphatic hydroxyl groups is 1. The van der Waals surface area contributed by atoms with Crippen molar-refractivity contribution in [3.05, 3.63) is 47.9 Å². The third-order valence-electron chi connectivity index (χ3n) is 2.38. The van der Waals surface area contributed by atoms with Crippen molar-refractivity contribution in [2.24, 2.45) is 0 Å². The maximum atomic E-state index is 10.7. The summed E-state index contributed by atoms with van der Waals surface area (Å²) in [6.45, 7) is 0.0896. The van der Waals surface area contributed by atoms with Gasteiger partial charge in [-0.25, -0.2) is 9.78 Å². The molecule has 0 aliphatic heterocycles. The fourth-order valence-corrected chi connectivity index (χ4v) is 1.47. The third kappa shape index (κ3) is 3.49. The normalized spacial score (nSPS) is 10.2. The number of carboxylic acid groups (broad SMARTS) is 1. The predicted molar refractivity (Wildman–Crippen MR) is 66.3 cm³/mol. The molecule has 6 heteroatoms. The number of rotatable bonds is 5. The highest BCUT2D eigenvalue weighted by Gasteiger charge is 2.07. The first kappa shape index (κ1) is 13.0. The molecule has 1 aromatic carbocycles. The number of aromatic carboxylic acids is 1. The lowest BCUT2D eigenvalue weighted by molar-refractivity contribution is 0.0689. The Bertz CT molecular complexity index is 569. The number of hydrogen-bond donors (Lipinski definition) is 2. The first-order valence-corrected chi connectivity index (χ1v) is 5.62. The number of nitrogens with zero attached hydrogens (tertiary/aromatic N) is 2. The standard InChI is InChI=1S/C13H12N2O4/c16-6-5-9-1-3-10(4-2-9)19-12-8-14-7-11(15-12)13(17)18/h1-4,7-8,16H,5-6H2,(H,17,18). The van der Waals surface area contributed by atoms with Crippen LogP contribution in [0.2, 0.25) is 0 Å². The van der Waals surface area contributed by atoms with Gasteiger partial charge in [0.2, 0.25) is 5.88 Å². The van der Waals surface area contributed by atoms with Crippen LogP contribution in [0.1, 0.15) is 16.1 Å². The number of ether oxygens (including phenoxy) is 1. The molecule has 6 nitrogen and oxygen atoms in total. The predicted octanol–water partition coefficient (Wildman–Crippen LogP) is 1.50. The molecule has 1 heterocycles. The highest BCUT2D eigenvalue weighted by molar-refractivity contribution is 5.84. The van der Waals surface area contributed by atoms with Gasteiger partial charge in [0.25, 0.3) is 0 Å². The molecule has 2 rings (SSSR count). The van der Waals surface area contributed by atoms with Crippen molar-refractivity contribution in [1.82, 2.24) is 9.97 Å². The molecule has 0 aliphatic rings. The van der Waals surface area contributed by atoms with E-state index in [0.29, 0.717) is 12.2 Å². The lowest BCUT2D eigenvalue weighted by Gasteiger charge is -2.05. The van der Waals surface area contributed by atoms with Crippen LogP contribution in [-0.4, -0.2) is 32.8 Å². The van der Waals surface area contributed by atoms with Gasteiger partial charge in [0, 0.05) is 6.61 Å². The van der Waals surface area contributed by atoms with Crippen LogP contribution >= 0.6 is 0 Å². The lowest BCUT2D eigenvalue weighted by atomic mass is 10.1. The van der Waals surface area contributed by atoms with Crippen molar-refractivity contribution in [2.75, 3.05) is 6.61 Å². The van der Waals surface area contributed by atoms with Gasteiger partial charge < -0.3 is 14.9 Å². The van der Waals surface area contributed by atoms with Crippen LogP contribution in [0, 0.1) is 0 Å². The van der Waals surface area contributed by atoms with E-state index in [2.05, 4.69) is 9.97 Å². The van der Waals surface area contributed by atoms with Crippen molar-refractivity contribution in [3.8, 4) is 11.6 Å². The van der Waals surface area contributed by atoms with Crippen molar-refractivity contribution in [3.63, 3.8) is 0 Å². The molecule has 0 saturated heterocycles. The van der Waals surface area contributed by atoms with E-state index in [1.807, 2.05) is 12.1 Å². The Hall–Kier alpha value is -2.47. The molecular weight excluding hydrogens is 248 g/mol. The maximum absolute atomic E-state index is 10.7. The molecular formula is C13H12N2O4. The summed E-state index contributed by atoms with van der Waals surface area (Å²) in [4.78, 5) is 18.3. The Morgan fingerprint density at radius 1 is 1.21 bits per heavy atom. The molecule has 0 spiro atoms. The fraction of sp³-hybridized carbons (Fsp3) is 0.154. The van der Waals surface area contributed by atoms with Crippen molar-refractivity contribution < 1.29 is 19.7 Å². The summed E-state index contributed by atoms with van der Waals surface area (Å²) in [6, 6.07) is 7.08. The van der Waals surface area contributed by atoms with E-state index in [9.17, 15) is 4.79 Å². The zero-order valence-corrected chi connectivity index (χ0v) is 9.98. The van der Waals surface area contributed by atoms with Crippen molar-refractivity contribution in [2.45, 2.75) is 6.42 Å². The van der Waals surface area contributed by atoms with Gasteiger partial charge in [-0.1, -0.05) is 12.1 Å². The van der Waals surface area contributed by atoms with E-state index in [1.54, 1.807) is 12.1 Å². The Morgan fingerprint density at radius 3 is 2.58 bits per heavy atom. The first-order chi connectivity index (χ1) is 9.19. The number of aliphatic hydroxyl groups excluding tert-OH is 1. The van der Waals surface area contributed by atoms with Crippen LogP contribution in [0.5, 0.6) is 11.6 Å². The molecule has 2 N–H and O–H groups in total. The van der Waals surface area contributed by atoms with E-state index in [-0.39, 0.29) is 18.2 Å². The van der Waals surface area contributed by atoms with Crippen LogP contribution in [-0.2, 0) is 6.42 Å². The Labute approximate surface area is 109 Å². The molecule has 1 aromatic heterocycles. The zero-order chi connectivity index (χ0) is 13.7. The average molecular weight is 260 g/mol. The van der Waals surface area contributed by atoms with Crippen LogP contribution in [0.4, 0.5) is 0 Å². The number of aromatic nitrogens is 2. The molecule has 0 bridgehead atoms. The monoisotopic (exact) mass is 260 g/mol. The summed E-state index contributed by atoms with van der Waals surface area (Å²) < 4.78 is 5.40. The largest absolute Gasteiger partial charge is 0.476 e. The molecule has 0 fully saturated rings. The molecule has 0 aliphatic carbocycles. The lowest BCUT2D eigenvalue weighted by Crippen LogP contribution is -2.02. The third-order valence-corrected chi connectivity index (χ3v) is 2.38. The fourth-order valence-electron chi connectivity index (χ4n) is 1.47. The van der Waals surface area contributed by atoms with Gasteiger partial charge in [0.05, 0.1) is 12.4 Å². The quantitative estimate of drug-likeness (QED) is 0.846. The van der Waals surface area contributed by atoms with Gasteiger partial charge in [0.1, 0.15) is 5.75 Å². The molecule has 98 valence electrons. The van der Waals surface area contributed by atoms with Crippen LogP contribution < -0.4 is 4.74 Å². The smallest absolute Gasteiger partial charge is 0.356 e. The van der Waals surface area contributed by atoms with Gasteiger partial charge in [-0.2, -0.15) is 0 Å². The second-order valence-corrected chi connectivity index (χ2v) is 3.77. The Balaban J connectivity index is 2.12. The molecule has 0 radical (unpaired) electrons. The van der Waals surface area contributed by atoms with Crippen molar-refractivity contribution in [1.29, 1.82) is 0 Å². The van der Waals surface area contributed by atoms with Crippen LogP contribution in [0.15, 0.2) is 36.7 Å². The first-order valence-electron chi connectivity index (χ1n) is 5.62. The number of carboxylic acids is 1. The summed E-state index contributed by atoms with van der Waals surface area (Å²) in [6.07, 6.45) is 3.07. The van der Waals surface area contributed by atoms with Gasteiger partial charge in [0.15, 0.2) is 5.69 Å². The van der Waals surface area contributed by atoms with Gasteiger partial charge in [-0.3, -0.25) is 4.98 Å². The van der Waals surface area contributed by atoms with Crippen LogP contribution in [0.3, 0.4) is 0 Å². The Morgan fingerprint density at radius 2 is 1.95 bits per heavy atom. The number of carbonyl (C=O) groups is 1. The van der Waals surface area contributed by atoms with Gasteiger partial charge >= 0.3 is 5.97 Å². The van der Waals surface area contributed by atoms with E-state index in [4.69, 9.17) is 14.9 Å². The topological polar surface area (TPSA) is 92.5 Å². The highest BCUT2D eigenvalue weighted by Crippen LogP contribution is 2.19. The summed E-state index contributed by atoms with van der Waals surface area (Å²) in [5, 5.41) is 17.6. The van der Waals surface area contributed by atoms with E-state index >= 15 is 0 Å². The van der Waals surface area contributed by atoms with Crippen LogP contribution in [0.25, 0.3) is 0 Å². The summed E-state index contributed by atoms with van der Waals surface area (Å²) >= 11 is 0. The minimum absolute atomic E-state index is 0.0896. The van der Waals surface area contributed by atoms with Gasteiger partial charge in [-0.05, 0) is 24.1 Å². The summed E-state index contributed by atoms with van der Waals surface area (Å²) in [5.74, 6) is -0.510. The summed E-state index contributed by atoms with van der Waals surface area (Å²) in [5.41, 5.74) is 0.814. The molecule has 0 amide bonds. The number of benzene rings is 1. The maximum Gasteiger partial charge on any atom is 0.356 e. The van der Waals surface area contributed by atoms with E-state index < -0.39 is 5.97 Å². The second kappa shape index (κ2) is 5.92. The molecule has 0 unspecified atom stereocenters. The molecule has 2 aromatic rings.